The van der Waals surface area contributed by atoms with Crippen LogP contribution in [0.25, 0.3) is 0 Å². The number of nitrogens with zero attached hydrogens (tertiary/aromatic N) is 1. The van der Waals surface area contributed by atoms with Gasteiger partial charge in [0, 0.05) is 31.0 Å². The molecule has 1 aromatic rings. The van der Waals surface area contributed by atoms with Gasteiger partial charge in [-0.25, -0.2) is 21.6 Å². The Balaban J connectivity index is 2.20. The van der Waals surface area contributed by atoms with E-state index in [-0.39, 0.29) is 22.9 Å². The zero-order valence-corrected chi connectivity index (χ0v) is 13.6. The maximum absolute atomic E-state index is 12.3. The van der Waals surface area contributed by atoms with Crippen molar-refractivity contribution in [1.29, 1.82) is 0 Å². The maximum atomic E-state index is 12.3. The number of hydrogen-bond acceptors (Lipinski definition) is 5. The van der Waals surface area contributed by atoms with Crippen molar-refractivity contribution in [3.8, 4) is 0 Å². The van der Waals surface area contributed by atoms with Crippen LogP contribution in [0.1, 0.15) is 25.5 Å². The third-order valence-corrected chi connectivity index (χ3v) is 6.91. The first kappa shape index (κ1) is 16.5. The highest BCUT2D eigenvalue weighted by Crippen LogP contribution is 2.18. The molecule has 1 atom stereocenters. The molecule has 0 aromatic carbocycles. The summed E-state index contributed by atoms with van der Waals surface area (Å²) in [5, 5.41) is 0. The van der Waals surface area contributed by atoms with E-state index in [2.05, 4.69) is 4.72 Å². The van der Waals surface area contributed by atoms with E-state index in [1.807, 2.05) is 6.92 Å². The molecule has 3 N–H and O–H groups in total. The minimum atomic E-state index is -3.72. The smallest absolute Gasteiger partial charge is 0.242 e. The molecule has 0 radical (unpaired) electrons. The Bertz CT molecular complexity index is 685. The predicted molar refractivity (Wildman–Crippen MR) is 80.0 cm³/mol. The van der Waals surface area contributed by atoms with Crippen molar-refractivity contribution in [2.75, 3.05) is 11.5 Å². The van der Waals surface area contributed by atoms with Gasteiger partial charge in [0.15, 0.2) is 9.84 Å². The van der Waals surface area contributed by atoms with Gasteiger partial charge in [0.2, 0.25) is 10.0 Å². The van der Waals surface area contributed by atoms with Crippen LogP contribution in [0.3, 0.4) is 0 Å². The Morgan fingerprint density at radius 3 is 2.71 bits per heavy atom. The minimum Gasteiger partial charge on any atom is -0.349 e. The molecule has 0 aliphatic carbocycles. The standard InChI is InChI=1S/C12H21N3O4S2/c1-2-15-8-12(6-11(15)7-13)21(18,19)14-10-4-3-5-20(16,17)9-10/h6,8,10,14H,2-5,7,9,13H2,1H3. The molecule has 1 unspecified atom stereocenters. The van der Waals surface area contributed by atoms with E-state index in [9.17, 15) is 16.8 Å². The largest absolute Gasteiger partial charge is 0.349 e. The molecule has 1 aromatic heterocycles. The molecule has 2 heterocycles. The lowest BCUT2D eigenvalue weighted by Gasteiger charge is -2.22. The van der Waals surface area contributed by atoms with Crippen molar-refractivity contribution in [3.63, 3.8) is 0 Å². The van der Waals surface area contributed by atoms with Gasteiger partial charge >= 0.3 is 0 Å². The van der Waals surface area contributed by atoms with Crippen LogP contribution >= 0.6 is 0 Å². The molecule has 0 bridgehead atoms. The van der Waals surface area contributed by atoms with E-state index in [1.54, 1.807) is 4.57 Å². The molecule has 0 spiro atoms. The Morgan fingerprint density at radius 2 is 2.19 bits per heavy atom. The third kappa shape index (κ3) is 3.85. The fourth-order valence-corrected chi connectivity index (χ4v) is 5.62. The van der Waals surface area contributed by atoms with Gasteiger partial charge in [0.1, 0.15) is 0 Å². The summed E-state index contributed by atoms with van der Waals surface area (Å²) in [6.45, 7) is 2.78. The van der Waals surface area contributed by atoms with Crippen molar-refractivity contribution in [3.05, 3.63) is 18.0 Å². The second-order valence-electron chi connectivity index (χ2n) is 5.23. The number of aryl methyl sites for hydroxylation is 1. The summed E-state index contributed by atoms with van der Waals surface area (Å²) in [4.78, 5) is 0.132. The van der Waals surface area contributed by atoms with E-state index in [4.69, 9.17) is 5.73 Å². The summed E-state index contributed by atoms with van der Waals surface area (Å²) in [5.74, 6) is -0.000770. The quantitative estimate of drug-likeness (QED) is 0.775. The molecule has 1 aliphatic heterocycles. The number of rotatable bonds is 5. The van der Waals surface area contributed by atoms with Crippen molar-refractivity contribution < 1.29 is 16.8 Å². The van der Waals surface area contributed by atoms with Crippen LogP contribution in [0.2, 0.25) is 0 Å². The average molecular weight is 335 g/mol. The van der Waals surface area contributed by atoms with E-state index < -0.39 is 25.9 Å². The second-order valence-corrected chi connectivity index (χ2v) is 9.17. The summed E-state index contributed by atoms with van der Waals surface area (Å²) in [7, 11) is -6.87. The first-order valence-electron chi connectivity index (χ1n) is 6.89. The Morgan fingerprint density at radius 1 is 1.48 bits per heavy atom. The van der Waals surface area contributed by atoms with Crippen LogP contribution in [0.15, 0.2) is 17.2 Å². The zero-order chi connectivity index (χ0) is 15.7. The Kier molecular flexibility index (Phi) is 4.76. The fraction of sp³-hybridized carbons (Fsp3) is 0.667. The number of aromatic nitrogens is 1. The van der Waals surface area contributed by atoms with Crippen LogP contribution in [-0.2, 0) is 33.0 Å². The number of sulfonamides is 1. The van der Waals surface area contributed by atoms with E-state index in [0.29, 0.717) is 19.4 Å². The SMILES string of the molecule is CCn1cc(S(=O)(=O)NC2CCCS(=O)(=O)C2)cc1CN. The summed E-state index contributed by atoms with van der Waals surface area (Å²) in [5.41, 5.74) is 6.32. The number of sulfone groups is 1. The first-order chi connectivity index (χ1) is 9.77. The summed E-state index contributed by atoms with van der Waals surface area (Å²) in [6.07, 6.45) is 2.55. The molecule has 2 rings (SSSR count). The van der Waals surface area contributed by atoms with Gasteiger partial charge < -0.3 is 10.3 Å². The second kappa shape index (κ2) is 6.07. The van der Waals surface area contributed by atoms with Gasteiger partial charge in [-0.1, -0.05) is 0 Å². The predicted octanol–water partition coefficient (Wildman–Crippen LogP) is -0.178. The lowest BCUT2D eigenvalue weighted by Crippen LogP contribution is -2.43. The van der Waals surface area contributed by atoms with Crippen molar-refractivity contribution in [2.24, 2.45) is 5.73 Å². The summed E-state index contributed by atoms with van der Waals surface area (Å²) < 4.78 is 52.1. The molecular weight excluding hydrogens is 314 g/mol. The summed E-state index contributed by atoms with van der Waals surface area (Å²) in [6, 6.07) is 0.975. The highest BCUT2D eigenvalue weighted by Gasteiger charge is 2.29. The number of nitrogens with one attached hydrogen (secondary N) is 1. The van der Waals surface area contributed by atoms with Gasteiger partial charge in [0.25, 0.3) is 0 Å². The monoisotopic (exact) mass is 335 g/mol. The maximum Gasteiger partial charge on any atom is 0.242 e. The van der Waals surface area contributed by atoms with Crippen LogP contribution in [0, 0.1) is 0 Å². The van der Waals surface area contributed by atoms with Crippen molar-refractivity contribution >= 4 is 19.9 Å². The molecule has 9 heteroatoms. The Hall–Kier alpha value is -0.900. The van der Waals surface area contributed by atoms with Gasteiger partial charge in [-0.05, 0) is 25.8 Å². The van der Waals surface area contributed by atoms with E-state index in [1.165, 1.54) is 12.3 Å². The lowest BCUT2D eigenvalue weighted by molar-refractivity contribution is 0.517. The van der Waals surface area contributed by atoms with Gasteiger partial charge in [-0.3, -0.25) is 0 Å². The lowest BCUT2D eigenvalue weighted by atomic mass is 10.2. The van der Waals surface area contributed by atoms with Crippen LogP contribution in [0.5, 0.6) is 0 Å². The van der Waals surface area contributed by atoms with Gasteiger partial charge in [0.05, 0.1) is 16.4 Å². The third-order valence-electron chi connectivity index (χ3n) is 3.61. The Labute approximate surface area is 125 Å². The van der Waals surface area contributed by atoms with Crippen molar-refractivity contribution in [1.82, 2.24) is 9.29 Å². The topological polar surface area (TPSA) is 111 Å². The van der Waals surface area contributed by atoms with E-state index in [0.717, 1.165) is 5.69 Å². The summed E-state index contributed by atoms with van der Waals surface area (Å²) >= 11 is 0. The molecule has 1 saturated heterocycles. The van der Waals surface area contributed by atoms with Gasteiger partial charge in [-0.2, -0.15) is 0 Å². The van der Waals surface area contributed by atoms with Crippen LogP contribution < -0.4 is 10.5 Å². The molecular formula is C12H21N3O4S2. The average Bonchev–Trinajstić information content (AvgIpc) is 2.80. The normalized spacial score (nSPS) is 22.3. The van der Waals surface area contributed by atoms with Crippen molar-refractivity contribution in [2.45, 2.75) is 43.8 Å². The number of nitrogens with two attached hydrogens (primary N) is 1. The highest BCUT2D eigenvalue weighted by atomic mass is 32.2. The molecule has 1 aliphatic rings. The highest BCUT2D eigenvalue weighted by molar-refractivity contribution is 7.91. The number of hydrogen-bond donors (Lipinski definition) is 2. The van der Waals surface area contributed by atoms with Crippen LogP contribution in [0.4, 0.5) is 0 Å². The van der Waals surface area contributed by atoms with Gasteiger partial charge in [-0.15, -0.1) is 0 Å². The fourth-order valence-electron chi connectivity index (χ4n) is 2.54. The molecule has 120 valence electrons. The van der Waals surface area contributed by atoms with Crippen LogP contribution in [-0.4, -0.2) is 39.0 Å². The van der Waals surface area contributed by atoms with E-state index >= 15 is 0 Å². The molecule has 1 fully saturated rings. The first-order valence-corrected chi connectivity index (χ1v) is 10.2. The molecule has 0 saturated carbocycles. The molecule has 21 heavy (non-hydrogen) atoms. The molecule has 7 nitrogen and oxygen atoms in total. The minimum absolute atomic E-state index is 0.132. The zero-order valence-electron chi connectivity index (χ0n) is 11.9. The molecule has 0 amide bonds.